The molecule has 0 aliphatic rings. The molecule has 0 unspecified atom stereocenters. The van der Waals surface area contributed by atoms with Crippen LogP contribution >= 0.6 is 11.6 Å². The molecule has 0 radical (unpaired) electrons. The van der Waals surface area contributed by atoms with Crippen LogP contribution in [-0.4, -0.2) is 11.3 Å². The van der Waals surface area contributed by atoms with Crippen LogP contribution in [0.5, 0.6) is 0 Å². The minimum atomic E-state index is 0.307. The van der Waals surface area contributed by atoms with E-state index in [9.17, 15) is 4.79 Å². The summed E-state index contributed by atoms with van der Waals surface area (Å²) in [7, 11) is 0. The molecule has 4 heteroatoms. The van der Waals surface area contributed by atoms with Gasteiger partial charge in [0.2, 0.25) is 0 Å². The molecule has 2 rings (SSSR count). The number of nitrogens with zero attached hydrogens (tertiary/aromatic N) is 1. The van der Waals surface area contributed by atoms with E-state index in [1.807, 2.05) is 31.2 Å². The van der Waals surface area contributed by atoms with E-state index >= 15 is 0 Å². The lowest BCUT2D eigenvalue weighted by molar-refractivity contribution is -0.107. The van der Waals surface area contributed by atoms with Crippen LogP contribution in [0.15, 0.2) is 28.7 Å². The number of aromatic nitrogens is 1. The monoisotopic (exact) mass is 263 g/mol. The highest BCUT2D eigenvalue weighted by atomic mass is 35.5. The summed E-state index contributed by atoms with van der Waals surface area (Å²) < 4.78 is 5.52. The summed E-state index contributed by atoms with van der Waals surface area (Å²) in [4.78, 5) is 14.8. The van der Waals surface area contributed by atoms with Crippen molar-refractivity contribution in [2.24, 2.45) is 0 Å². The minimum absolute atomic E-state index is 0.307. The van der Waals surface area contributed by atoms with Crippen molar-refractivity contribution in [3.05, 3.63) is 52.2 Å². The molecule has 1 aromatic carbocycles. The zero-order valence-electron chi connectivity index (χ0n) is 10.1. The Hall–Kier alpha value is -1.61. The van der Waals surface area contributed by atoms with Crippen LogP contribution in [0.3, 0.4) is 0 Å². The van der Waals surface area contributed by atoms with Gasteiger partial charge < -0.3 is 9.21 Å². The summed E-state index contributed by atoms with van der Waals surface area (Å²) in [5.41, 5.74) is 1.80. The fourth-order valence-electron chi connectivity index (χ4n) is 1.81. The Morgan fingerprint density at radius 2 is 2.11 bits per heavy atom. The SMILES string of the molecule is Cc1oc(CCc2ccccc2Cl)nc1CC=O. The first-order valence-electron chi connectivity index (χ1n) is 5.83. The van der Waals surface area contributed by atoms with Crippen LogP contribution in [0.4, 0.5) is 0 Å². The van der Waals surface area contributed by atoms with Gasteiger partial charge in [0.1, 0.15) is 12.0 Å². The van der Waals surface area contributed by atoms with Gasteiger partial charge in [0.25, 0.3) is 0 Å². The number of oxazole rings is 1. The fourth-order valence-corrected chi connectivity index (χ4v) is 2.04. The molecule has 1 heterocycles. The molecule has 3 nitrogen and oxygen atoms in total. The van der Waals surface area contributed by atoms with E-state index in [0.717, 1.165) is 34.7 Å². The van der Waals surface area contributed by atoms with E-state index in [4.69, 9.17) is 16.0 Å². The second-order valence-corrected chi connectivity index (χ2v) is 4.48. The molecule has 1 aromatic heterocycles. The zero-order chi connectivity index (χ0) is 13.0. The Bertz CT molecular complexity index is 548. The van der Waals surface area contributed by atoms with Crippen molar-refractivity contribution in [3.8, 4) is 0 Å². The van der Waals surface area contributed by atoms with Gasteiger partial charge in [-0.1, -0.05) is 29.8 Å². The van der Waals surface area contributed by atoms with E-state index in [1.165, 1.54) is 0 Å². The molecule has 0 saturated carbocycles. The number of benzene rings is 1. The van der Waals surface area contributed by atoms with E-state index < -0.39 is 0 Å². The third-order valence-electron chi connectivity index (χ3n) is 2.78. The van der Waals surface area contributed by atoms with E-state index in [2.05, 4.69) is 4.98 Å². The highest BCUT2D eigenvalue weighted by Crippen LogP contribution is 2.18. The number of carbonyl (C=O) groups excluding carboxylic acids is 1. The van der Waals surface area contributed by atoms with Crippen molar-refractivity contribution in [2.75, 3.05) is 0 Å². The molecule has 0 fully saturated rings. The lowest BCUT2D eigenvalue weighted by Gasteiger charge is -2.01. The molecule has 0 aliphatic heterocycles. The average molecular weight is 264 g/mol. The van der Waals surface area contributed by atoms with Crippen molar-refractivity contribution in [3.63, 3.8) is 0 Å². The van der Waals surface area contributed by atoms with Crippen LogP contribution in [0.2, 0.25) is 5.02 Å². The average Bonchev–Trinajstić information content (AvgIpc) is 2.70. The first kappa shape index (κ1) is 12.8. The smallest absolute Gasteiger partial charge is 0.194 e. The predicted octanol–water partition coefficient (Wildman–Crippen LogP) is 3.16. The molecule has 0 N–H and O–H groups in total. The second-order valence-electron chi connectivity index (χ2n) is 4.07. The van der Waals surface area contributed by atoms with E-state index in [1.54, 1.807) is 0 Å². The summed E-state index contributed by atoms with van der Waals surface area (Å²) >= 11 is 6.08. The van der Waals surface area contributed by atoms with Crippen LogP contribution in [-0.2, 0) is 24.1 Å². The molecule has 0 aliphatic carbocycles. The van der Waals surface area contributed by atoms with Gasteiger partial charge >= 0.3 is 0 Å². The maximum Gasteiger partial charge on any atom is 0.194 e. The largest absolute Gasteiger partial charge is 0.446 e. The molecular weight excluding hydrogens is 250 g/mol. The summed E-state index contributed by atoms with van der Waals surface area (Å²) in [6, 6.07) is 7.73. The summed E-state index contributed by atoms with van der Waals surface area (Å²) in [5.74, 6) is 1.38. The third kappa shape index (κ3) is 2.99. The van der Waals surface area contributed by atoms with Crippen molar-refractivity contribution >= 4 is 17.9 Å². The van der Waals surface area contributed by atoms with Gasteiger partial charge in [0, 0.05) is 17.9 Å². The second kappa shape index (κ2) is 5.83. The van der Waals surface area contributed by atoms with Crippen molar-refractivity contribution in [1.29, 1.82) is 0 Å². The van der Waals surface area contributed by atoms with E-state index in [-0.39, 0.29) is 0 Å². The number of hydrogen-bond acceptors (Lipinski definition) is 3. The molecule has 0 spiro atoms. The molecule has 18 heavy (non-hydrogen) atoms. The van der Waals surface area contributed by atoms with Crippen LogP contribution < -0.4 is 0 Å². The highest BCUT2D eigenvalue weighted by Gasteiger charge is 2.09. The highest BCUT2D eigenvalue weighted by molar-refractivity contribution is 6.31. The summed E-state index contributed by atoms with van der Waals surface area (Å²) in [6.07, 6.45) is 2.60. The van der Waals surface area contributed by atoms with Crippen LogP contribution in [0.25, 0.3) is 0 Å². The van der Waals surface area contributed by atoms with Gasteiger partial charge in [-0.2, -0.15) is 0 Å². The molecule has 2 aromatic rings. The molecule has 94 valence electrons. The Kier molecular flexibility index (Phi) is 4.15. The topological polar surface area (TPSA) is 43.1 Å². The Morgan fingerprint density at radius 1 is 1.33 bits per heavy atom. The van der Waals surface area contributed by atoms with Crippen LogP contribution in [0, 0.1) is 6.92 Å². The number of aryl methyl sites for hydroxylation is 3. The quantitative estimate of drug-likeness (QED) is 0.778. The zero-order valence-corrected chi connectivity index (χ0v) is 10.9. The number of aldehydes is 1. The molecule has 0 saturated heterocycles. The predicted molar refractivity (Wildman–Crippen MR) is 69.9 cm³/mol. The summed E-state index contributed by atoms with van der Waals surface area (Å²) in [5, 5.41) is 0.758. The first-order valence-corrected chi connectivity index (χ1v) is 6.20. The minimum Gasteiger partial charge on any atom is -0.446 e. The van der Waals surface area contributed by atoms with Gasteiger partial charge in [-0.3, -0.25) is 0 Å². The number of halogens is 1. The standard InChI is InChI=1S/C14H14ClNO2/c1-10-13(8-9-17)16-14(18-10)7-6-11-4-2-3-5-12(11)15/h2-5,9H,6-8H2,1H3. The maximum atomic E-state index is 10.5. The van der Waals surface area contributed by atoms with Crippen molar-refractivity contribution in [1.82, 2.24) is 4.98 Å². The van der Waals surface area contributed by atoms with Gasteiger partial charge in [-0.05, 0) is 25.0 Å². The number of carbonyl (C=O) groups is 1. The first-order chi connectivity index (χ1) is 8.70. The molecule has 0 bridgehead atoms. The normalized spacial score (nSPS) is 10.6. The van der Waals surface area contributed by atoms with Gasteiger partial charge in [-0.15, -0.1) is 0 Å². The Labute approximate surface area is 111 Å². The molecule has 0 amide bonds. The van der Waals surface area contributed by atoms with Gasteiger partial charge in [0.05, 0.1) is 5.69 Å². The molecular formula is C14H14ClNO2. The van der Waals surface area contributed by atoms with Crippen molar-refractivity contribution < 1.29 is 9.21 Å². The fraction of sp³-hybridized carbons (Fsp3) is 0.286. The van der Waals surface area contributed by atoms with E-state index in [0.29, 0.717) is 18.7 Å². The van der Waals surface area contributed by atoms with Crippen molar-refractivity contribution in [2.45, 2.75) is 26.2 Å². The molecule has 0 atom stereocenters. The van der Waals surface area contributed by atoms with Crippen LogP contribution in [0.1, 0.15) is 22.9 Å². The van der Waals surface area contributed by atoms with Gasteiger partial charge in [-0.25, -0.2) is 4.98 Å². The summed E-state index contributed by atoms with van der Waals surface area (Å²) in [6.45, 7) is 1.82. The lowest BCUT2D eigenvalue weighted by Crippen LogP contribution is -1.93. The lowest BCUT2D eigenvalue weighted by atomic mass is 10.1. The maximum absolute atomic E-state index is 10.5. The number of hydrogen-bond donors (Lipinski definition) is 0. The van der Waals surface area contributed by atoms with Gasteiger partial charge in [0.15, 0.2) is 5.89 Å². The Morgan fingerprint density at radius 3 is 2.83 bits per heavy atom. The third-order valence-corrected chi connectivity index (χ3v) is 3.15. The number of rotatable bonds is 5. The Balaban J connectivity index is 2.04.